The summed E-state index contributed by atoms with van der Waals surface area (Å²) in [5, 5.41) is 22.1. The fourth-order valence-corrected chi connectivity index (χ4v) is 3.94. The first-order valence-corrected chi connectivity index (χ1v) is 9.23. The molecule has 0 spiro atoms. The van der Waals surface area contributed by atoms with Crippen molar-refractivity contribution in [2.45, 2.75) is 39.5 Å². The van der Waals surface area contributed by atoms with E-state index in [9.17, 15) is 20.0 Å². The minimum absolute atomic E-state index is 0.131. The van der Waals surface area contributed by atoms with Gasteiger partial charge in [0.2, 0.25) is 11.7 Å². The molecule has 0 atom stereocenters. The van der Waals surface area contributed by atoms with Crippen molar-refractivity contribution in [3.8, 4) is 5.75 Å². The van der Waals surface area contributed by atoms with Crippen LogP contribution < -0.4 is 0 Å². The normalized spacial score (nSPS) is 15.9. The van der Waals surface area contributed by atoms with Crippen molar-refractivity contribution in [2.75, 3.05) is 13.1 Å². The summed E-state index contributed by atoms with van der Waals surface area (Å²) in [5.41, 5.74) is 0.172. The van der Waals surface area contributed by atoms with Gasteiger partial charge in [-0.1, -0.05) is 32.4 Å². The summed E-state index contributed by atoms with van der Waals surface area (Å²) in [7, 11) is 0. The van der Waals surface area contributed by atoms with Gasteiger partial charge in [0.05, 0.1) is 9.95 Å². The van der Waals surface area contributed by atoms with Gasteiger partial charge in [0, 0.05) is 36.2 Å². The van der Waals surface area contributed by atoms with E-state index in [1.165, 1.54) is 12.3 Å². The van der Waals surface area contributed by atoms with Crippen LogP contribution >= 0.6 is 11.6 Å². The third kappa shape index (κ3) is 3.56. The fourth-order valence-electron chi connectivity index (χ4n) is 3.64. The quantitative estimate of drug-likeness (QED) is 0.609. The van der Waals surface area contributed by atoms with E-state index in [0.29, 0.717) is 18.5 Å². The number of nitro groups is 1. The van der Waals surface area contributed by atoms with Crippen LogP contribution in [0, 0.1) is 15.5 Å². The van der Waals surface area contributed by atoms with Gasteiger partial charge in [0.15, 0.2) is 0 Å². The van der Waals surface area contributed by atoms with Crippen LogP contribution in [-0.2, 0) is 4.79 Å². The van der Waals surface area contributed by atoms with Gasteiger partial charge in [0.1, 0.15) is 5.52 Å². The van der Waals surface area contributed by atoms with E-state index in [-0.39, 0.29) is 22.4 Å². The van der Waals surface area contributed by atoms with Crippen LogP contribution in [-0.4, -0.2) is 38.9 Å². The van der Waals surface area contributed by atoms with E-state index in [0.717, 1.165) is 18.4 Å². The maximum atomic E-state index is 12.5. The molecule has 1 saturated heterocycles. The Morgan fingerprint density at radius 1 is 1.37 bits per heavy atom. The standard InChI is InChI=1S/C19H22ClN3O4/c1-19(2,3)18(25)22-8-5-11(6-9-22)12-4-7-21-16-15(12)13(20)10-14(17(16)24)23(26)27/h4,7,10-11,24H,5-6,8-9H2,1-3H3. The summed E-state index contributed by atoms with van der Waals surface area (Å²) in [4.78, 5) is 28.9. The van der Waals surface area contributed by atoms with Crippen molar-refractivity contribution < 1.29 is 14.8 Å². The molecule has 0 bridgehead atoms. The minimum Gasteiger partial charge on any atom is -0.501 e. The molecule has 0 unspecified atom stereocenters. The molecule has 2 aromatic rings. The average molecular weight is 392 g/mol. The number of fused-ring (bicyclic) bond motifs is 1. The second-order valence-electron chi connectivity index (χ2n) is 7.92. The third-order valence-electron chi connectivity index (χ3n) is 5.01. The SMILES string of the molecule is CC(C)(C)C(=O)N1CCC(c2ccnc3c(O)c([N+](=O)[O-])cc(Cl)c23)CC1. The second kappa shape index (κ2) is 6.96. The molecule has 1 amide bonds. The van der Waals surface area contributed by atoms with Crippen LogP contribution in [0.4, 0.5) is 5.69 Å². The van der Waals surface area contributed by atoms with E-state index in [1.807, 2.05) is 31.7 Å². The summed E-state index contributed by atoms with van der Waals surface area (Å²) in [6.45, 7) is 7.01. The Morgan fingerprint density at radius 3 is 2.56 bits per heavy atom. The number of carbonyl (C=O) groups is 1. The van der Waals surface area contributed by atoms with E-state index in [1.54, 1.807) is 0 Å². The van der Waals surface area contributed by atoms with Crippen LogP contribution in [0.1, 0.15) is 45.1 Å². The van der Waals surface area contributed by atoms with Crippen LogP contribution in [0.15, 0.2) is 18.3 Å². The number of likely N-dealkylation sites (tertiary alicyclic amines) is 1. The molecule has 1 aromatic carbocycles. The number of benzene rings is 1. The summed E-state index contributed by atoms with van der Waals surface area (Å²) in [6, 6.07) is 3.01. The van der Waals surface area contributed by atoms with Crippen LogP contribution in [0.2, 0.25) is 5.02 Å². The molecule has 27 heavy (non-hydrogen) atoms. The largest absolute Gasteiger partial charge is 0.501 e. The Labute approximate surface area is 162 Å². The number of phenolic OH excluding ortho intramolecular Hbond substituents is 1. The van der Waals surface area contributed by atoms with Gasteiger partial charge in [-0.05, 0) is 30.4 Å². The number of aromatic nitrogens is 1. The molecule has 1 aliphatic rings. The number of amides is 1. The van der Waals surface area contributed by atoms with Gasteiger partial charge in [-0.2, -0.15) is 0 Å². The molecule has 0 radical (unpaired) electrons. The van der Waals surface area contributed by atoms with Crippen molar-refractivity contribution in [2.24, 2.45) is 5.41 Å². The van der Waals surface area contributed by atoms with Crippen LogP contribution in [0.5, 0.6) is 5.75 Å². The number of nitro benzene ring substituents is 1. The highest BCUT2D eigenvalue weighted by atomic mass is 35.5. The van der Waals surface area contributed by atoms with Crippen molar-refractivity contribution in [3.05, 3.63) is 39.0 Å². The van der Waals surface area contributed by atoms with Gasteiger partial charge >= 0.3 is 5.69 Å². The van der Waals surface area contributed by atoms with Crippen molar-refractivity contribution in [3.63, 3.8) is 0 Å². The van der Waals surface area contributed by atoms with Crippen molar-refractivity contribution in [1.29, 1.82) is 0 Å². The number of hydrogen-bond acceptors (Lipinski definition) is 5. The van der Waals surface area contributed by atoms with Gasteiger partial charge in [0.25, 0.3) is 0 Å². The molecule has 3 rings (SSSR count). The second-order valence-corrected chi connectivity index (χ2v) is 8.33. The molecular weight excluding hydrogens is 370 g/mol. The minimum atomic E-state index is -0.675. The molecule has 1 fully saturated rings. The number of pyridine rings is 1. The fraction of sp³-hybridized carbons (Fsp3) is 0.474. The molecule has 8 heteroatoms. The van der Waals surface area contributed by atoms with Gasteiger partial charge in [-0.25, -0.2) is 0 Å². The van der Waals surface area contributed by atoms with E-state index >= 15 is 0 Å². The first-order chi connectivity index (χ1) is 12.6. The zero-order valence-electron chi connectivity index (χ0n) is 15.5. The van der Waals surface area contributed by atoms with Crippen molar-refractivity contribution >= 4 is 34.1 Å². The van der Waals surface area contributed by atoms with Gasteiger partial charge in [-0.15, -0.1) is 0 Å². The van der Waals surface area contributed by atoms with Gasteiger partial charge in [-0.3, -0.25) is 19.9 Å². The number of piperidine rings is 1. The smallest absolute Gasteiger partial charge is 0.314 e. The Kier molecular flexibility index (Phi) is 4.99. The highest BCUT2D eigenvalue weighted by Crippen LogP contribution is 2.42. The van der Waals surface area contributed by atoms with E-state index in [2.05, 4.69) is 4.98 Å². The maximum absolute atomic E-state index is 12.5. The molecule has 0 aliphatic carbocycles. The average Bonchev–Trinajstić information content (AvgIpc) is 2.62. The molecule has 2 heterocycles. The molecular formula is C19H22ClN3O4. The molecule has 1 N–H and O–H groups in total. The molecule has 1 aliphatic heterocycles. The first-order valence-electron chi connectivity index (χ1n) is 8.85. The number of hydrogen-bond donors (Lipinski definition) is 1. The summed E-state index contributed by atoms with van der Waals surface area (Å²) < 4.78 is 0. The Balaban J connectivity index is 1.94. The number of nitrogens with zero attached hydrogens (tertiary/aromatic N) is 3. The zero-order valence-corrected chi connectivity index (χ0v) is 16.3. The van der Waals surface area contributed by atoms with E-state index in [4.69, 9.17) is 11.6 Å². The van der Waals surface area contributed by atoms with Crippen LogP contribution in [0.25, 0.3) is 10.9 Å². The third-order valence-corrected chi connectivity index (χ3v) is 5.31. The number of carbonyl (C=O) groups excluding carboxylic acids is 1. The topological polar surface area (TPSA) is 96.6 Å². The highest BCUT2D eigenvalue weighted by molar-refractivity contribution is 6.36. The lowest BCUT2D eigenvalue weighted by Crippen LogP contribution is -2.43. The monoisotopic (exact) mass is 391 g/mol. The number of aromatic hydroxyl groups is 1. The van der Waals surface area contributed by atoms with Gasteiger partial charge < -0.3 is 10.0 Å². The lowest BCUT2D eigenvalue weighted by atomic mass is 9.86. The van der Waals surface area contributed by atoms with Crippen LogP contribution in [0.3, 0.4) is 0 Å². The molecule has 1 aromatic heterocycles. The van der Waals surface area contributed by atoms with Crippen molar-refractivity contribution in [1.82, 2.24) is 9.88 Å². The Bertz CT molecular complexity index is 915. The Morgan fingerprint density at radius 2 is 2.00 bits per heavy atom. The predicted octanol–water partition coefficient (Wildman–Crippen LogP) is 4.25. The summed E-state index contributed by atoms with van der Waals surface area (Å²) in [6.07, 6.45) is 3.05. The lowest BCUT2D eigenvalue weighted by Gasteiger charge is -2.36. The zero-order chi connectivity index (χ0) is 19.9. The maximum Gasteiger partial charge on any atom is 0.314 e. The number of rotatable bonds is 2. The predicted molar refractivity (Wildman–Crippen MR) is 103 cm³/mol. The first kappa shape index (κ1) is 19.4. The summed E-state index contributed by atoms with van der Waals surface area (Å²) in [5.74, 6) is -0.202. The Hall–Kier alpha value is -2.41. The number of halogens is 1. The molecule has 0 saturated carbocycles. The molecule has 144 valence electrons. The lowest BCUT2D eigenvalue weighted by molar-refractivity contribution is -0.385. The number of phenols is 1. The highest BCUT2D eigenvalue weighted by Gasteiger charge is 2.32. The van der Waals surface area contributed by atoms with E-state index < -0.39 is 21.8 Å². The molecule has 7 nitrogen and oxygen atoms in total. The summed E-state index contributed by atoms with van der Waals surface area (Å²) >= 11 is 6.32.